The fourth-order valence-electron chi connectivity index (χ4n) is 2.68. The highest BCUT2D eigenvalue weighted by atomic mass is 16.5. The van der Waals surface area contributed by atoms with Gasteiger partial charge in [0.15, 0.2) is 0 Å². The van der Waals surface area contributed by atoms with E-state index in [0.717, 1.165) is 37.2 Å². The second kappa shape index (κ2) is 8.03. The second-order valence-electron chi connectivity index (χ2n) is 5.67. The van der Waals surface area contributed by atoms with E-state index < -0.39 is 0 Å². The fraction of sp³-hybridized carbons (Fsp3) is 0.588. The standard InChI is InChI=1S/C17H26N2O2/c1-3-10-21-15-7-5-6-14(12-15)19-17(20)16-11-13(4-2)8-9-18-16/h5-7,12-13,16,18H,3-4,8-11H2,1-2H3,(H,19,20). The molecule has 0 aromatic heterocycles. The molecule has 2 unspecified atom stereocenters. The van der Waals surface area contributed by atoms with Crippen LogP contribution in [0.1, 0.15) is 39.5 Å². The first-order valence-electron chi connectivity index (χ1n) is 8.00. The van der Waals surface area contributed by atoms with Crippen molar-refractivity contribution in [2.75, 3.05) is 18.5 Å². The minimum atomic E-state index is -0.0797. The summed E-state index contributed by atoms with van der Waals surface area (Å²) < 4.78 is 5.59. The van der Waals surface area contributed by atoms with Crippen LogP contribution in [0.4, 0.5) is 5.69 Å². The third kappa shape index (κ3) is 4.74. The minimum Gasteiger partial charge on any atom is -0.494 e. The molecule has 0 radical (unpaired) electrons. The van der Waals surface area contributed by atoms with Crippen LogP contribution in [0.25, 0.3) is 0 Å². The number of piperidine rings is 1. The van der Waals surface area contributed by atoms with Crippen molar-refractivity contribution < 1.29 is 9.53 Å². The van der Waals surface area contributed by atoms with E-state index in [2.05, 4.69) is 24.5 Å². The molecule has 1 fully saturated rings. The summed E-state index contributed by atoms with van der Waals surface area (Å²) in [5, 5.41) is 6.30. The lowest BCUT2D eigenvalue weighted by Gasteiger charge is -2.28. The first-order valence-corrected chi connectivity index (χ1v) is 8.00. The summed E-state index contributed by atoms with van der Waals surface area (Å²) in [4.78, 5) is 12.3. The Morgan fingerprint density at radius 3 is 3.05 bits per heavy atom. The van der Waals surface area contributed by atoms with Crippen molar-refractivity contribution in [2.24, 2.45) is 5.92 Å². The molecule has 1 aromatic rings. The molecule has 0 aliphatic carbocycles. The maximum atomic E-state index is 12.3. The van der Waals surface area contributed by atoms with Crippen molar-refractivity contribution in [2.45, 2.75) is 45.6 Å². The molecule has 1 aromatic carbocycles. The molecule has 21 heavy (non-hydrogen) atoms. The summed E-state index contributed by atoms with van der Waals surface area (Å²) >= 11 is 0. The maximum absolute atomic E-state index is 12.3. The van der Waals surface area contributed by atoms with Crippen LogP contribution in [0.15, 0.2) is 24.3 Å². The molecular weight excluding hydrogens is 264 g/mol. The third-order valence-corrected chi connectivity index (χ3v) is 3.98. The number of nitrogens with one attached hydrogen (secondary N) is 2. The SMILES string of the molecule is CCCOc1cccc(NC(=O)C2CC(CC)CCN2)c1. The van der Waals surface area contributed by atoms with Crippen molar-refractivity contribution in [3.8, 4) is 5.75 Å². The summed E-state index contributed by atoms with van der Waals surface area (Å²) in [6.45, 7) is 5.89. The van der Waals surface area contributed by atoms with Crippen LogP contribution >= 0.6 is 0 Å². The highest BCUT2D eigenvalue weighted by Crippen LogP contribution is 2.21. The van der Waals surface area contributed by atoms with Gasteiger partial charge < -0.3 is 15.4 Å². The summed E-state index contributed by atoms with van der Waals surface area (Å²) in [5.41, 5.74) is 0.800. The van der Waals surface area contributed by atoms with Crippen molar-refractivity contribution in [1.29, 1.82) is 0 Å². The number of amides is 1. The van der Waals surface area contributed by atoms with E-state index in [9.17, 15) is 4.79 Å². The summed E-state index contributed by atoms with van der Waals surface area (Å²) in [5.74, 6) is 1.51. The minimum absolute atomic E-state index is 0.0563. The number of ether oxygens (including phenoxy) is 1. The fourth-order valence-corrected chi connectivity index (χ4v) is 2.68. The number of carbonyl (C=O) groups excluding carboxylic acids is 1. The monoisotopic (exact) mass is 290 g/mol. The Morgan fingerprint density at radius 2 is 2.29 bits per heavy atom. The lowest BCUT2D eigenvalue weighted by atomic mass is 9.90. The molecule has 2 N–H and O–H groups in total. The van der Waals surface area contributed by atoms with Gasteiger partial charge in [-0.25, -0.2) is 0 Å². The van der Waals surface area contributed by atoms with Gasteiger partial charge in [-0.2, -0.15) is 0 Å². The lowest BCUT2D eigenvalue weighted by molar-refractivity contribution is -0.119. The second-order valence-corrected chi connectivity index (χ2v) is 5.67. The molecule has 2 rings (SSSR count). The van der Waals surface area contributed by atoms with E-state index in [0.29, 0.717) is 12.5 Å². The van der Waals surface area contributed by atoms with Gasteiger partial charge in [-0.1, -0.05) is 26.3 Å². The van der Waals surface area contributed by atoms with Gasteiger partial charge >= 0.3 is 0 Å². The zero-order chi connectivity index (χ0) is 15.1. The molecule has 0 spiro atoms. The number of rotatable bonds is 6. The molecule has 1 amide bonds. The van der Waals surface area contributed by atoms with Gasteiger partial charge in [0.05, 0.1) is 12.6 Å². The van der Waals surface area contributed by atoms with Crippen molar-refractivity contribution in [3.05, 3.63) is 24.3 Å². The number of hydrogen-bond acceptors (Lipinski definition) is 3. The summed E-state index contributed by atoms with van der Waals surface area (Å²) in [7, 11) is 0. The zero-order valence-corrected chi connectivity index (χ0v) is 13.0. The zero-order valence-electron chi connectivity index (χ0n) is 13.0. The van der Waals surface area contributed by atoms with Crippen LogP contribution in [-0.4, -0.2) is 25.1 Å². The van der Waals surface area contributed by atoms with Crippen LogP contribution in [0.2, 0.25) is 0 Å². The molecule has 0 bridgehead atoms. The first-order chi connectivity index (χ1) is 10.2. The van der Waals surface area contributed by atoms with Crippen molar-refractivity contribution in [3.63, 3.8) is 0 Å². The quantitative estimate of drug-likeness (QED) is 0.846. The third-order valence-electron chi connectivity index (χ3n) is 3.98. The summed E-state index contributed by atoms with van der Waals surface area (Å²) in [6.07, 6.45) is 4.21. The molecule has 1 aliphatic rings. The Kier molecular flexibility index (Phi) is 6.05. The van der Waals surface area contributed by atoms with Gasteiger partial charge in [-0.3, -0.25) is 4.79 Å². The average Bonchev–Trinajstić information content (AvgIpc) is 2.53. The predicted molar refractivity (Wildman–Crippen MR) is 85.7 cm³/mol. The van der Waals surface area contributed by atoms with Gasteiger partial charge in [-0.05, 0) is 43.9 Å². The number of benzene rings is 1. The Morgan fingerprint density at radius 1 is 1.43 bits per heavy atom. The summed E-state index contributed by atoms with van der Waals surface area (Å²) in [6, 6.07) is 7.52. The highest BCUT2D eigenvalue weighted by molar-refractivity contribution is 5.95. The Bertz CT molecular complexity index is 462. The van der Waals surface area contributed by atoms with Crippen LogP contribution in [-0.2, 0) is 4.79 Å². The van der Waals surface area contributed by atoms with Gasteiger partial charge in [0.2, 0.25) is 5.91 Å². The average molecular weight is 290 g/mol. The molecule has 1 heterocycles. The lowest BCUT2D eigenvalue weighted by Crippen LogP contribution is -2.46. The van der Waals surface area contributed by atoms with Gasteiger partial charge in [0.1, 0.15) is 5.75 Å². The van der Waals surface area contributed by atoms with E-state index in [1.807, 2.05) is 24.3 Å². The molecule has 2 atom stereocenters. The van der Waals surface area contributed by atoms with Crippen molar-refractivity contribution >= 4 is 11.6 Å². The van der Waals surface area contributed by atoms with Crippen molar-refractivity contribution in [1.82, 2.24) is 5.32 Å². The molecule has 1 aliphatic heterocycles. The topological polar surface area (TPSA) is 50.4 Å². The molecular formula is C17H26N2O2. The number of carbonyl (C=O) groups is 1. The Hall–Kier alpha value is -1.55. The Balaban J connectivity index is 1.92. The normalized spacial score (nSPS) is 21.8. The van der Waals surface area contributed by atoms with Gasteiger partial charge in [0.25, 0.3) is 0 Å². The van der Waals surface area contributed by atoms with Crippen LogP contribution in [0.3, 0.4) is 0 Å². The molecule has 4 heteroatoms. The maximum Gasteiger partial charge on any atom is 0.241 e. The number of hydrogen-bond donors (Lipinski definition) is 2. The van der Waals surface area contributed by atoms with Crippen LogP contribution in [0.5, 0.6) is 5.75 Å². The first kappa shape index (κ1) is 15.8. The Labute approximate surface area is 127 Å². The van der Waals surface area contributed by atoms with Gasteiger partial charge in [-0.15, -0.1) is 0 Å². The van der Waals surface area contributed by atoms with E-state index in [-0.39, 0.29) is 11.9 Å². The largest absolute Gasteiger partial charge is 0.494 e. The van der Waals surface area contributed by atoms with Crippen LogP contribution in [0, 0.1) is 5.92 Å². The van der Waals surface area contributed by atoms with E-state index >= 15 is 0 Å². The highest BCUT2D eigenvalue weighted by Gasteiger charge is 2.25. The smallest absolute Gasteiger partial charge is 0.241 e. The van der Waals surface area contributed by atoms with E-state index in [1.54, 1.807) is 0 Å². The van der Waals surface area contributed by atoms with E-state index in [1.165, 1.54) is 6.42 Å². The van der Waals surface area contributed by atoms with E-state index in [4.69, 9.17) is 4.74 Å². The van der Waals surface area contributed by atoms with Gasteiger partial charge in [0, 0.05) is 11.8 Å². The molecule has 116 valence electrons. The van der Waals surface area contributed by atoms with Crippen LogP contribution < -0.4 is 15.4 Å². The molecule has 1 saturated heterocycles. The number of anilines is 1. The molecule has 4 nitrogen and oxygen atoms in total. The molecule has 0 saturated carbocycles. The predicted octanol–water partition coefficient (Wildman–Crippen LogP) is 3.19.